The second-order valence-corrected chi connectivity index (χ2v) is 13.1. The summed E-state index contributed by atoms with van der Waals surface area (Å²) in [5.41, 5.74) is 0.573. The molecule has 14 nitrogen and oxygen atoms in total. The fourth-order valence-electron chi connectivity index (χ4n) is 6.61. The topological polar surface area (TPSA) is 155 Å². The van der Waals surface area contributed by atoms with Crippen molar-refractivity contribution in [3.63, 3.8) is 0 Å². The van der Waals surface area contributed by atoms with E-state index in [1.54, 1.807) is 72.9 Å². The molecule has 0 radical (unpaired) electrons. The third kappa shape index (κ3) is 11.0. The minimum absolute atomic E-state index is 0.000719. The molecular formula is C34H56N6O8. The Kier molecular flexibility index (Phi) is 16.4. The summed E-state index contributed by atoms with van der Waals surface area (Å²) in [6.07, 6.45) is 1.34. The zero-order valence-electron chi connectivity index (χ0n) is 30.1. The number of nitrogens with one attached hydrogen (secondary N) is 1. The van der Waals surface area contributed by atoms with Crippen molar-refractivity contribution in [1.82, 2.24) is 24.9 Å². The third-order valence-corrected chi connectivity index (χ3v) is 9.46. The zero-order chi connectivity index (χ0) is 36.1. The average Bonchev–Trinajstić information content (AvgIpc) is 3.54. The van der Waals surface area contributed by atoms with Gasteiger partial charge in [-0.25, -0.2) is 0 Å². The molecule has 1 aliphatic rings. The van der Waals surface area contributed by atoms with E-state index < -0.39 is 29.1 Å². The number of carbonyl (C=O) groups excluding carboxylic acids is 4. The molecule has 1 aliphatic heterocycles. The Morgan fingerprint density at radius 1 is 1.08 bits per heavy atom. The summed E-state index contributed by atoms with van der Waals surface area (Å²) in [4.78, 5) is 70.4. The van der Waals surface area contributed by atoms with Gasteiger partial charge in [0.05, 0.1) is 54.6 Å². The number of nitro groups is 1. The average molecular weight is 677 g/mol. The zero-order valence-corrected chi connectivity index (χ0v) is 30.1. The standard InChI is InChI=1S/C34H56N6O8/c1-10-23(2)32(38(7)31(43)21-35-29(41)22-36(4)5)28(47-8)20-30(42)39-18-13-16-27(39)33(48-9)24(3)34(44)37(6)19-17-25-14-11-12-15-26(25)40(45)46/h11-12,14-15,23-24,27-28,32-33H,10,13,16-22H2,1-9H3,(H,35,41). The lowest BCUT2D eigenvalue weighted by molar-refractivity contribution is -0.385. The number of hydrogen-bond donors (Lipinski definition) is 1. The highest BCUT2D eigenvalue weighted by Crippen LogP contribution is 2.30. The van der Waals surface area contributed by atoms with Gasteiger partial charge in [-0.3, -0.25) is 29.3 Å². The molecule has 1 aromatic rings. The lowest BCUT2D eigenvalue weighted by atomic mass is 9.90. The lowest BCUT2D eigenvalue weighted by Gasteiger charge is -2.39. The van der Waals surface area contributed by atoms with Crippen LogP contribution in [0.15, 0.2) is 24.3 Å². The first-order valence-corrected chi connectivity index (χ1v) is 16.7. The Morgan fingerprint density at radius 3 is 2.33 bits per heavy atom. The van der Waals surface area contributed by atoms with E-state index in [0.29, 0.717) is 24.9 Å². The number of nitro benzene ring substituents is 1. The van der Waals surface area contributed by atoms with Gasteiger partial charge >= 0.3 is 0 Å². The van der Waals surface area contributed by atoms with Crippen LogP contribution in [0.1, 0.15) is 52.0 Å². The van der Waals surface area contributed by atoms with Crippen LogP contribution in [0.5, 0.6) is 0 Å². The number of nitrogens with zero attached hydrogens (tertiary/aromatic N) is 5. The van der Waals surface area contributed by atoms with Gasteiger partial charge in [0.2, 0.25) is 23.6 Å². The third-order valence-electron chi connectivity index (χ3n) is 9.46. The van der Waals surface area contributed by atoms with E-state index in [9.17, 15) is 29.3 Å². The molecule has 0 saturated carbocycles. The Bertz CT molecular complexity index is 1250. The molecule has 2 rings (SSSR count). The minimum atomic E-state index is -0.603. The summed E-state index contributed by atoms with van der Waals surface area (Å²) in [7, 11) is 9.96. The van der Waals surface area contributed by atoms with Crippen molar-refractivity contribution in [3.05, 3.63) is 39.9 Å². The normalized spacial score (nSPS) is 17.7. The van der Waals surface area contributed by atoms with E-state index in [1.807, 2.05) is 13.8 Å². The van der Waals surface area contributed by atoms with Gasteiger partial charge in [0, 0.05) is 53.0 Å². The summed E-state index contributed by atoms with van der Waals surface area (Å²) in [5.74, 6) is -1.44. The molecule has 270 valence electrons. The summed E-state index contributed by atoms with van der Waals surface area (Å²) in [6.45, 7) is 6.61. The number of methoxy groups -OCH3 is 2. The minimum Gasteiger partial charge on any atom is -0.379 e. The number of rotatable bonds is 19. The van der Waals surface area contributed by atoms with Gasteiger partial charge in [0.25, 0.3) is 5.69 Å². The first-order chi connectivity index (χ1) is 22.7. The molecule has 4 amide bonds. The Balaban J connectivity index is 2.14. The number of likely N-dealkylation sites (tertiary alicyclic amines) is 1. The van der Waals surface area contributed by atoms with Gasteiger partial charge in [-0.2, -0.15) is 0 Å². The number of carbonyl (C=O) groups is 4. The molecule has 1 N–H and O–H groups in total. The van der Waals surface area contributed by atoms with Gasteiger partial charge in [0.15, 0.2) is 0 Å². The van der Waals surface area contributed by atoms with Crippen LogP contribution in [0.3, 0.4) is 0 Å². The Morgan fingerprint density at radius 2 is 1.75 bits per heavy atom. The van der Waals surface area contributed by atoms with Gasteiger partial charge < -0.3 is 34.4 Å². The molecule has 1 fully saturated rings. The highest BCUT2D eigenvalue weighted by atomic mass is 16.6. The van der Waals surface area contributed by atoms with E-state index in [2.05, 4.69) is 5.32 Å². The molecule has 6 atom stereocenters. The van der Waals surface area contributed by atoms with E-state index in [4.69, 9.17) is 9.47 Å². The van der Waals surface area contributed by atoms with E-state index in [0.717, 1.165) is 12.8 Å². The molecule has 0 spiro atoms. The number of hydrogen-bond acceptors (Lipinski definition) is 9. The van der Waals surface area contributed by atoms with Crippen LogP contribution in [0.25, 0.3) is 0 Å². The van der Waals surface area contributed by atoms with Crippen LogP contribution in [-0.2, 0) is 35.1 Å². The van der Waals surface area contributed by atoms with Gasteiger partial charge in [0.1, 0.15) is 0 Å². The first-order valence-electron chi connectivity index (χ1n) is 16.7. The molecule has 1 aromatic carbocycles. The number of ether oxygens (including phenoxy) is 2. The Hall–Kier alpha value is -3.62. The summed E-state index contributed by atoms with van der Waals surface area (Å²) in [6, 6.07) is 5.74. The maximum atomic E-state index is 13.9. The number of para-hydroxylation sites is 1. The van der Waals surface area contributed by atoms with Gasteiger partial charge in [-0.15, -0.1) is 0 Å². The molecule has 1 heterocycles. The van der Waals surface area contributed by atoms with Crippen molar-refractivity contribution in [2.45, 2.75) is 77.2 Å². The molecule has 0 bridgehead atoms. The lowest BCUT2D eigenvalue weighted by Crippen LogP contribution is -2.54. The van der Waals surface area contributed by atoms with Crippen LogP contribution in [0, 0.1) is 22.0 Å². The quantitative estimate of drug-likeness (QED) is 0.172. The van der Waals surface area contributed by atoms with Crippen LogP contribution in [-0.4, -0.2) is 141 Å². The molecule has 14 heteroatoms. The molecule has 0 aromatic heterocycles. The van der Waals surface area contributed by atoms with E-state index >= 15 is 0 Å². The van der Waals surface area contributed by atoms with Crippen molar-refractivity contribution < 1.29 is 33.6 Å². The maximum absolute atomic E-state index is 13.9. The predicted molar refractivity (Wildman–Crippen MR) is 182 cm³/mol. The molecular weight excluding hydrogens is 620 g/mol. The largest absolute Gasteiger partial charge is 0.379 e. The van der Waals surface area contributed by atoms with Crippen molar-refractivity contribution in [1.29, 1.82) is 0 Å². The van der Waals surface area contributed by atoms with Gasteiger partial charge in [-0.1, -0.05) is 45.4 Å². The van der Waals surface area contributed by atoms with Crippen molar-refractivity contribution >= 4 is 29.3 Å². The summed E-state index contributed by atoms with van der Waals surface area (Å²) >= 11 is 0. The van der Waals surface area contributed by atoms with Crippen LogP contribution in [0.2, 0.25) is 0 Å². The van der Waals surface area contributed by atoms with Crippen molar-refractivity contribution in [2.75, 3.05) is 68.6 Å². The van der Waals surface area contributed by atoms with E-state index in [1.165, 1.54) is 20.3 Å². The molecule has 48 heavy (non-hydrogen) atoms. The summed E-state index contributed by atoms with van der Waals surface area (Å²) < 4.78 is 11.8. The number of likely N-dealkylation sites (N-methyl/N-ethyl adjacent to an activating group) is 3. The second-order valence-electron chi connectivity index (χ2n) is 13.1. The first kappa shape index (κ1) is 40.6. The molecule has 0 aliphatic carbocycles. The Labute approximate surface area is 285 Å². The van der Waals surface area contributed by atoms with Crippen molar-refractivity contribution in [3.8, 4) is 0 Å². The fraction of sp³-hybridized carbons (Fsp3) is 0.706. The maximum Gasteiger partial charge on any atom is 0.272 e. The predicted octanol–water partition coefficient (Wildman–Crippen LogP) is 2.19. The van der Waals surface area contributed by atoms with Crippen LogP contribution >= 0.6 is 0 Å². The van der Waals surface area contributed by atoms with E-state index in [-0.39, 0.29) is 67.3 Å². The summed E-state index contributed by atoms with van der Waals surface area (Å²) in [5, 5.41) is 14.1. The number of amides is 4. The number of benzene rings is 1. The highest BCUT2D eigenvalue weighted by Gasteiger charge is 2.42. The molecule has 6 unspecified atom stereocenters. The van der Waals surface area contributed by atoms with Crippen LogP contribution < -0.4 is 5.32 Å². The smallest absolute Gasteiger partial charge is 0.272 e. The van der Waals surface area contributed by atoms with Crippen LogP contribution in [0.4, 0.5) is 5.69 Å². The second kappa shape index (κ2) is 19.4. The monoisotopic (exact) mass is 676 g/mol. The van der Waals surface area contributed by atoms with Gasteiger partial charge in [-0.05, 0) is 39.3 Å². The molecule has 1 saturated heterocycles. The van der Waals surface area contributed by atoms with Crippen molar-refractivity contribution in [2.24, 2.45) is 11.8 Å². The highest BCUT2D eigenvalue weighted by molar-refractivity contribution is 5.86. The fourth-order valence-corrected chi connectivity index (χ4v) is 6.61. The SMILES string of the molecule is CCC(C)C(C(CC(=O)N1CCCC1C(OC)C(C)C(=O)N(C)CCc1ccccc1[N+](=O)[O-])OC)N(C)C(=O)CNC(=O)CN(C)C.